The molecule has 0 spiro atoms. The van der Waals surface area contributed by atoms with Crippen molar-refractivity contribution in [2.75, 3.05) is 13.1 Å². The van der Waals surface area contributed by atoms with E-state index in [1.807, 2.05) is 0 Å². The van der Waals surface area contributed by atoms with Gasteiger partial charge in [-0.2, -0.15) is 0 Å². The zero-order chi connectivity index (χ0) is 13.1. The van der Waals surface area contributed by atoms with E-state index in [4.69, 9.17) is 5.11 Å². The van der Waals surface area contributed by atoms with Crippen molar-refractivity contribution in [2.45, 2.75) is 44.2 Å². The quantitative estimate of drug-likeness (QED) is 0.682. The van der Waals surface area contributed by atoms with E-state index >= 15 is 0 Å². The van der Waals surface area contributed by atoms with Crippen LogP contribution in [0.2, 0.25) is 0 Å². The zero-order valence-electron chi connectivity index (χ0n) is 10.3. The first-order valence-corrected chi connectivity index (χ1v) is 6.53. The Kier molecular flexibility index (Phi) is 4.06. The summed E-state index contributed by atoms with van der Waals surface area (Å²) in [4.78, 5) is 24.1. The van der Waals surface area contributed by atoms with Crippen LogP contribution in [0.4, 0.5) is 4.79 Å². The van der Waals surface area contributed by atoms with Gasteiger partial charge in [0, 0.05) is 19.5 Å². The molecule has 0 aromatic heterocycles. The van der Waals surface area contributed by atoms with Gasteiger partial charge in [0.1, 0.15) is 6.04 Å². The molecule has 2 rings (SSSR count). The highest BCUT2D eigenvalue weighted by Gasteiger charge is 2.39. The molecule has 0 aromatic rings. The summed E-state index contributed by atoms with van der Waals surface area (Å²) in [6, 6.07) is -1.27. The average Bonchev–Trinajstić information content (AvgIpc) is 2.94. The van der Waals surface area contributed by atoms with Gasteiger partial charge in [0.25, 0.3) is 0 Å². The summed E-state index contributed by atoms with van der Waals surface area (Å²) in [5.74, 6) is -0.535. The number of hydrogen-bond donors (Lipinski definition) is 3. The van der Waals surface area contributed by atoms with E-state index in [2.05, 4.69) is 5.32 Å². The molecule has 0 aromatic carbocycles. The van der Waals surface area contributed by atoms with Crippen LogP contribution in [-0.2, 0) is 4.79 Å². The Balaban J connectivity index is 1.85. The van der Waals surface area contributed by atoms with Gasteiger partial charge >= 0.3 is 12.0 Å². The summed E-state index contributed by atoms with van der Waals surface area (Å²) >= 11 is 0. The predicted molar refractivity (Wildman–Crippen MR) is 64.1 cm³/mol. The van der Waals surface area contributed by atoms with E-state index in [1.54, 1.807) is 0 Å². The molecule has 1 aliphatic carbocycles. The van der Waals surface area contributed by atoms with Crippen LogP contribution in [-0.4, -0.2) is 52.3 Å². The first kappa shape index (κ1) is 13.1. The molecular formula is C12H20N2O4. The molecular weight excluding hydrogens is 236 g/mol. The molecule has 2 atom stereocenters. The Bertz CT molecular complexity index is 328. The van der Waals surface area contributed by atoms with Crippen molar-refractivity contribution in [1.82, 2.24) is 10.2 Å². The fraction of sp³-hybridized carbons (Fsp3) is 0.833. The summed E-state index contributed by atoms with van der Waals surface area (Å²) in [6.07, 6.45) is 4.06. The van der Waals surface area contributed by atoms with E-state index in [0.29, 0.717) is 12.5 Å². The number of aliphatic carboxylic acids is 1. The van der Waals surface area contributed by atoms with Gasteiger partial charge in [0.2, 0.25) is 0 Å². The topological polar surface area (TPSA) is 89.9 Å². The summed E-state index contributed by atoms with van der Waals surface area (Å²) in [6.45, 7) is 0.714. The highest BCUT2D eigenvalue weighted by Crippen LogP contribution is 2.24. The Morgan fingerprint density at radius 1 is 1.28 bits per heavy atom. The lowest BCUT2D eigenvalue weighted by Crippen LogP contribution is -2.47. The molecule has 0 bridgehead atoms. The van der Waals surface area contributed by atoms with Crippen LogP contribution in [0.3, 0.4) is 0 Å². The molecule has 1 saturated heterocycles. The van der Waals surface area contributed by atoms with E-state index in [1.165, 1.54) is 17.7 Å². The van der Waals surface area contributed by atoms with Crippen molar-refractivity contribution >= 4 is 12.0 Å². The van der Waals surface area contributed by atoms with Gasteiger partial charge in [0.05, 0.1) is 6.10 Å². The molecule has 2 aliphatic rings. The SMILES string of the molecule is O=C(O)[C@@H]1C[C@H](O)CN1C(=O)NCC1CCCC1. The molecule has 1 saturated carbocycles. The van der Waals surface area contributed by atoms with Gasteiger partial charge in [-0.3, -0.25) is 0 Å². The number of aliphatic hydroxyl groups excluding tert-OH is 1. The summed E-state index contributed by atoms with van der Waals surface area (Å²) in [5, 5.41) is 21.2. The van der Waals surface area contributed by atoms with Crippen LogP contribution in [0.15, 0.2) is 0 Å². The van der Waals surface area contributed by atoms with Crippen LogP contribution in [0.25, 0.3) is 0 Å². The highest BCUT2D eigenvalue weighted by molar-refractivity contribution is 5.83. The standard InChI is InChI=1S/C12H20N2O4/c15-9-5-10(11(16)17)14(7-9)12(18)13-6-8-3-1-2-4-8/h8-10,15H,1-7H2,(H,13,18)(H,16,17)/t9-,10-/m0/s1. The highest BCUT2D eigenvalue weighted by atomic mass is 16.4. The summed E-state index contributed by atoms with van der Waals surface area (Å²) < 4.78 is 0. The van der Waals surface area contributed by atoms with Crippen LogP contribution in [0.5, 0.6) is 0 Å². The maximum atomic E-state index is 11.9. The average molecular weight is 256 g/mol. The van der Waals surface area contributed by atoms with Crippen LogP contribution >= 0.6 is 0 Å². The number of nitrogens with zero attached hydrogens (tertiary/aromatic N) is 1. The number of likely N-dealkylation sites (tertiary alicyclic amines) is 1. The maximum Gasteiger partial charge on any atom is 0.326 e. The van der Waals surface area contributed by atoms with Crippen molar-refractivity contribution < 1.29 is 19.8 Å². The van der Waals surface area contributed by atoms with Gasteiger partial charge in [-0.05, 0) is 18.8 Å². The zero-order valence-corrected chi connectivity index (χ0v) is 10.3. The number of amides is 2. The molecule has 1 aliphatic heterocycles. The molecule has 2 fully saturated rings. The van der Waals surface area contributed by atoms with Gasteiger partial charge in [-0.25, -0.2) is 9.59 Å². The van der Waals surface area contributed by atoms with Gasteiger partial charge in [0.15, 0.2) is 0 Å². The second-order valence-electron chi connectivity index (χ2n) is 5.23. The van der Waals surface area contributed by atoms with Crippen molar-refractivity contribution in [3.05, 3.63) is 0 Å². The fourth-order valence-corrected chi connectivity index (χ4v) is 2.82. The van der Waals surface area contributed by atoms with Crippen LogP contribution in [0, 0.1) is 5.92 Å². The molecule has 6 nitrogen and oxygen atoms in total. The van der Waals surface area contributed by atoms with E-state index in [0.717, 1.165) is 12.8 Å². The number of aliphatic hydroxyl groups is 1. The van der Waals surface area contributed by atoms with E-state index in [9.17, 15) is 14.7 Å². The smallest absolute Gasteiger partial charge is 0.326 e. The monoisotopic (exact) mass is 256 g/mol. The van der Waals surface area contributed by atoms with Crippen LogP contribution in [0.1, 0.15) is 32.1 Å². The molecule has 1 heterocycles. The second kappa shape index (κ2) is 5.56. The Hall–Kier alpha value is -1.30. The third-order valence-corrected chi connectivity index (χ3v) is 3.84. The van der Waals surface area contributed by atoms with Crippen molar-refractivity contribution in [1.29, 1.82) is 0 Å². The van der Waals surface area contributed by atoms with Crippen molar-refractivity contribution in [3.63, 3.8) is 0 Å². The molecule has 0 radical (unpaired) electrons. The van der Waals surface area contributed by atoms with Crippen molar-refractivity contribution in [3.8, 4) is 0 Å². The normalized spacial score (nSPS) is 28.6. The predicted octanol–water partition coefficient (Wildman–Crippen LogP) is 0.406. The minimum atomic E-state index is -1.05. The van der Waals surface area contributed by atoms with Crippen LogP contribution < -0.4 is 5.32 Å². The molecule has 3 N–H and O–H groups in total. The number of carboxylic acid groups (broad SMARTS) is 1. The molecule has 6 heteroatoms. The van der Waals surface area contributed by atoms with Gasteiger partial charge in [-0.15, -0.1) is 0 Å². The van der Waals surface area contributed by atoms with Gasteiger partial charge in [-0.1, -0.05) is 12.8 Å². The van der Waals surface area contributed by atoms with Gasteiger partial charge < -0.3 is 20.4 Å². The third-order valence-electron chi connectivity index (χ3n) is 3.84. The fourth-order valence-electron chi connectivity index (χ4n) is 2.82. The number of nitrogens with one attached hydrogen (secondary N) is 1. The summed E-state index contributed by atoms with van der Waals surface area (Å²) in [7, 11) is 0. The van der Waals surface area contributed by atoms with Crippen molar-refractivity contribution in [2.24, 2.45) is 5.92 Å². The molecule has 2 amide bonds. The number of carbonyl (C=O) groups is 2. The minimum Gasteiger partial charge on any atom is -0.480 e. The largest absolute Gasteiger partial charge is 0.480 e. The maximum absolute atomic E-state index is 11.9. The Morgan fingerprint density at radius 2 is 1.94 bits per heavy atom. The first-order chi connectivity index (χ1) is 8.58. The number of rotatable bonds is 3. The second-order valence-corrected chi connectivity index (χ2v) is 5.23. The number of carbonyl (C=O) groups excluding carboxylic acids is 1. The number of β-amino-alcohol motifs (C(OH)–C–C–N with tert-alkyl or cyclic N) is 1. The lowest BCUT2D eigenvalue weighted by atomic mass is 10.1. The van der Waals surface area contributed by atoms with E-state index < -0.39 is 18.1 Å². The number of hydrogen-bond acceptors (Lipinski definition) is 3. The number of urea groups is 1. The third kappa shape index (κ3) is 2.93. The molecule has 18 heavy (non-hydrogen) atoms. The summed E-state index contributed by atoms with van der Waals surface area (Å²) in [5.41, 5.74) is 0. The molecule has 0 unspecified atom stereocenters. The first-order valence-electron chi connectivity index (χ1n) is 6.53. The number of carboxylic acids is 1. The molecule has 102 valence electrons. The Morgan fingerprint density at radius 3 is 2.56 bits per heavy atom. The Labute approximate surface area is 106 Å². The lowest BCUT2D eigenvalue weighted by molar-refractivity contribution is -0.141. The lowest BCUT2D eigenvalue weighted by Gasteiger charge is -2.22. The van der Waals surface area contributed by atoms with E-state index in [-0.39, 0.29) is 19.0 Å². The minimum absolute atomic E-state index is 0.105.